The highest BCUT2D eigenvalue weighted by Crippen LogP contribution is 2.35. The minimum absolute atomic E-state index is 0.269. The van der Waals surface area contributed by atoms with E-state index in [0.717, 1.165) is 50.4 Å². The van der Waals surface area contributed by atoms with Gasteiger partial charge in [-0.3, -0.25) is 9.69 Å². The lowest BCUT2D eigenvalue weighted by Gasteiger charge is -2.36. The van der Waals surface area contributed by atoms with Gasteiger partial charge in [0.05, 0.1) is 18.7 Å². The van der Waals surface area contributed by atoms with Crippen LogP contribution in [0.25, 0.3) is 11.4 Å². The molecule has 7 heteroatoms. The van der Waals surface area contributed by atoms with Crippen LogP contribution in [0.1, 0.15) is 12.8 Å². The summed E-state index contributed by atoms with van der Waals surface area (Å²) >= 11 is 0. The zero-order valence-corrected chi connectivity index (χ0v) is 16.8. The Bertz CT molecular complexity index is 859. The molecule has 2 bridgehead atoms. The van der Waals surface area contributed by atoms with Crippen LogP contribution < -0.4 is 4.90 Å². The molecule has 1 aromatic carbocycles. The van der Waals surface area contributed by atoms with E-state index < -0.39 is 0 Å². The van der Waals surface area contributed by atoms with Crippen LogP contribution in [0.4, 0.5) is 5.69 Å². The number of fused-ring (bicyclic) bond motifs is 2. The minimum Gasteiger partial charge on any atom is -0.380 e. The molecule has 3 saturated heterocycles. The number of carbonyl (C=O) groups is 1. The van der Waals surface area contributed by atoms with Gasteiger partial charge in [0.1, 0.15) is 0 Å². The van der Waals surface area contributed by atoms with Crippen LogP contribution in [0.2, 0.25) is 0 Å². The lowest BCUT2D eigenvalue weighted by Crippen LogP contribution is -2.51. The summed E-state index contributed by atoms with van der Waals surface area (Å²) in [4.78, 5) is 28.2. The molecule has 4 heterocycles. The van der Waals surface area contributed by atoms with Gasteiger partial charge >= 0.3 is 0 Å². The maximum atomic E-state index is 12.8. The smallest absolute Gasteiger partial charge is 0.237 e. The van der Waals surface area contributed by atoms with Crippen molar-refractivity contribution < 1.29 is 9.53 Å². The molecule has 3 unspecified atom stereocenters. The fraction of sp³-hybridized carbons (Fsp3) is 0.500. The van der Waals surface area contributed by atoms with Gasteiger partial charge in [-0.05, 0) is 43.2 Å². The van der Waals surface area contributed by atoms with E-state index in [9.17, 15) is 4.79 Å². The first-order valence-electron chi connectivity index (χ1n) is 10.4. The Labute approximate surface area is 171 Å². The van der Waals surface area contributed by atoms with Crippen LogP contribution in [0.15, 0.2) is 42.7 Å². The van der Waals surface area contributed by atoms with Crippen LogP contribution in [0, 0.1) is 0 Å². The number of anilines is 1. The van der Waals surface area contributed by atoms with Gasteiger partial charge in [0.25, 0.3) is 0 Å². The molecular formula is C22H27N5O2. The van der Waals surface area contributed by atoms with Crippen molar-refractivity contribution in [3.8, 4) is 11.4 Å². The number of hydrogen-bond acceptors (Lipinski definition) is 6. The molecule has 0 saturated carbocycles. The Balaban J connectivity index is 1.20. The average Bonchev–Trinajstić information content (AvgIpc) is 3.50. The van der Waals surface area contributed by atoms with Crippen molar-refractivity contribution in [3.63, 3.8) is 0 Å². The monoisotopic (exact) mass is 393 g/mol. The van der Waals surface area contributed by atoms with E-state index in [1.54, 1.807) is 19.5 Å². The second-order valence-electron chi connectivity index (χ2n) is 8.24. The van der Waals surface area contributed by atoms with E-state index in [2.05, 4.69) is 48.9 Å². The lowest BCUT2D eigenvalue weighted by molar-refractivity contribution is -0.133. The molecular weight excluding hydrogens is 366 g/mol. The van der Waals surface area contributed by atoms with E-state index in [4.69, 9.17) is 4.74 Å². The van der Waals surface area contributed by atoms with Gasteiger partial charge in [-0.25, -0.2) is 9.97 Å². The van der Waals surface area contributed by atoms with Crippen molar-refractivity contribution in [3.05, 3.63) is 42.7 Å². The molecule has 0 aliphatic carbocycles. The highest BCUT2D eigenvalue weighted by atomic mass is 16.5. The fourth-order valence-corrected chi connectivity index (χ4v) is 4.95. The first-order valence-corrected chi connectivity index (χ1v) is 10.4. The molecule has 1 aromatic heterocycles. The fourth-order valence-electron chi connectivity index (χ4n) is 4.95. The molecule has 0 N–H and O–H groups in total. The maximum Gasteiger partial charge on any atom is 0.237 e. The SMILES string of the molecule is COC1CCN(CC(=O)N2CC3CC2CN3c2ccc(-c3ncccn3)cc2)C1. The van der Waals surface area contributed by atoms with Gasteiger partial charge in [0.2, 0.25) is 5.91 Å². The summed E-state index contributed by atoms with van der Waals surface area (Å²) in [6.07, 6.45) is 5.89. The third kappa shape index (κ3) is 3.60. The van der Waals surface area contributed by atoms with Crippen LogP contribution in [-0.4, -0.2) is 83.7 Å². The summed E-state index contributed by atoms with van der Waals surface area (Å²) in [5, 5.41) is 0. The number of amides is 1. The Hall–Kier alpha value is -2.51. The molecule has 3 aliphatic heterocycles. The van der Waals surface area contributed by atoms with Gasteiger partial charge in [-0.1, -0.05) is 0 Å². The summed E-state index contributed by atoms with van der Waals surface area (Å²) in [6.45, 7) is 4.09. The van der Waals surface area contributed by atoms with E-state index in [0.29, 0.717) is 18.6 Å². The largest absolute Gasteiger partial charge is 0.380 e. The van der Waals surface area contributed by atoms with Gasteiger partial charge in [0, 0.05) is 63.0 Å². The standard InChI is InChI=1S/C22H27N5O2/c1-29-20-7-10-25(14-20)15-21(28)27-13-18-11-19(27)12-26(18)17-5-3-16(4-6-17)22-23-8-2-9-24-22/h2-6,8-9,18-20H,7,10-15H2,1H3. The van der Waals surface area contributed by atoms with Gasteiger partial charge in [0.15, 0.2) is 5.82 Å². The minimum atomic E-state index is 0.269. The maximum absolute atomic E-state index is 12.8. The van der Waals surface area contributed by atoms with Crippen molar-refractivity contribution >= 4 is 11.6 Å². The summed E-state index contributed by atoms with van der Waals surface area (Å²) in [5.41, 5.74) is 2.24. The summed E-state index contributed by atoms with van der Waals surface area (Å²) in [5.74, 6) is 1.02. The zero-order chi connectivity index (χ0) is 19.8. The Morgan fingerprint density at radius 3 is 2.55 bits per heavy atom. The normalized spacial score (nSPS) is 26.4. The summed E-state index contributed by atoms with van der Waals surface area (Å²) < 4.78 is 5.42. The van der Waals surface area contributed by atoms with Crippen LogP contribution in [-0.2, 0) is 9.53 Å². The van der Waals surface area contributed by atoms with Crippen molar-refractivity contribution in [1.82, 2.24) is 19.8 Å². The van der Waals surface area contributed by atoms with E-state index in [1.807, 2.05) is 6.07 Å². The third-order valence-electron chi connectivity index (χ3n) is 6.51. The number of aromatic nitrogens is 2. The molecule has 7 nitrogen and oxygen atoms in total. The molecule has 0 radical (unpaired) electrons. The van der Waals surface area contributed by atoms with Gasteiger partial charge in [-0.2, -0.15) is 0 Å². The quantitative estimate of drug-likeness (QED) is 0.770. The first-order chi connectivity index (χ1) is 14.2. The van der Waals surface area contributed by atoms with Crippen molar-refractivity contribution in [2.24, 2.45) is 0 Å². The topological polar surface area (TPSA) is 61.8 Å². The molecule has 1 amide bonds. The van der Waals surface area contributed by atoms with E-state index in [-0.39, 0.29) is 12.0 Å². The Kier molecular flexibility index (Phi) is 4.93. The zero-order valence-electron chi connectivity index (χ0n) is 16.8. The highest BCUT2D eigenvalue weighted by molar-refractivity contribution is 5.80. The number of benzene rings is 1. The Morgan fingerprint density at radius 1 is 1.10 bits per heavy atom. The van der Waals surface area contributed by atoms with Gasteiger partial charge in [-0.15, -0.1) is 0 Å². The first kappa shape index (κ1) is 18.5. The number of rotatable bonds is 5. The van der Waals surface area contributed by atoms with Gasteiger partial charge < -0.3 is 14.5 Å². The Morgan fingerprint density at radius 2 is 1.90 bits per heavy atom. The summed E-state index contributed by atoms with van der Waals surface area (Å²) in [7, 11) is 1.75. The highest BCUT2D eigenvalue weighted by Gasteiger charge is 2.45. The van der Waals surface area contributed by atoms with Crippen molar-refractivity contribution in [2.75, 3.05) is 44.7 Å². The molecule has 0 spiro atoms. The van der Waals surface area contributed by atoms with Crippen LogP contribution in [0.3, 0.4) is 0 Å². The van der Waals surface area contributed by atoms with Crippen molar-refractivity contribution in [1.29, 1.82) is 0 Å². The number of piperazine rings is 1. The number of methoxy groups -OCH3 is 1. The molecule has 3 atom stereocenters. The van der Waals surface area contributed by atoms with Crippen LogP contribution in [0.5, 0.6) is 0 Å². The second kappa shape index (κ2) is 7.72. The molecule has 3 aliphatic rings. The third-order valence-corrected chi connectivity index (χ3v) is 6.51. The predicted molar refractivity (Wildman–Crippen MR) is 111 cm³/mol. The van der Waals surface area contributed by atoms with Crippen LogP contribution >= 0.6 is 0 Å². The summed E-state index contributed by atoms with van der Waals surface area (Å²) in [6, 6.07) is 11.0. The van der Waals surface area contributed by atoms with E-state index >= 15 is 0 Å². The number of likely N-dealkylation sites (tertiary alicyclic amines) is 2. The molecule has 29 heavy (non-hydrogen) atoms. The molecule has 152 valence electrons. The van der Waals surface area contributed by atoms with E-state index in [1.165, 1.54) is 5.69 Å². The predicted octanol–water partition coefficient (Wildman–Crippen LogP) is 1.65. The number of ether oxygens (including phenoxy) is 1. The number of nitrogens with zero attached hydrogens (tertiary/aromatic N) is 5. The molecule has 2 aromatic rings. The number of hydrogen-bond donors (Lipinski definition) is 0. The molecule has 5 rings (SSSR count). The van der Waals surface area contributed by atoms with Crippen molar-refractivity contribution in [2.45, 2.75) is 31.0 Å². The molecule has 3 fully saturated rings. The number of carbonyl (C=O) groups excluding carboxylic acids is 1. The average molecular weight is 393 g/mol. The lowest BCUT2D eigenvalue weighted by atomic mass is 10.1. The second-order valence-corrected chi connectivity index (χ2v) is 8.24.